The average molecular weight is 291 g/mol. The molecule has 0 spiro atoms. The van der Waals surface area contributed by atoms with Crippen molar-refractivity contribution in [1.29, 1.82) is 0 Å². The van der Waals surface area contributed by atoms with E-state index in [0.29, 0.717) is 5.01 Å². The Morgan fingerprint density at radius 3 is 2.61 bits per heavy atom. The first kappa shape index (κ1) is 15.1. The summed E-state index contributed by atoms with van der Waals surface area (Å²) in [6.07, 6.45) is 1.15. The van der Waals surface area contributed by atoms with Crippen LogP contribution < -0.4 is 11.1 Å². The minimum absolute atomic E-state index is 0.0418. The second-order valence-corrected chi connectivity index (χ2v) is 8.14. The van der Waals surface area contributed by atoms with Gasteiger partial charge in [0.2, 0.25) is 0 Å². The van der Waals surface area contributed by atoms with E-state index in [-0.39, 0.29) is 24.7 Å². The Morgan fingerprint density at radius 2 is 2.17 bits per heavy atom. The van der Waals surface area contributed by atoms with Gasteiger partial charge in [0.15, 0.2) is 9.84 Å². The van der Waals surface area contributed by atoms with E-state index in [1.807, 2.05) is 0 Å². The maximum absolute atomic E-state index is 11.7. The molecule has 0 saturated carbocycles. The van der Waals surface area contributed by atoms with Crippen LogP contribution in [0.5, 0.6) is 0 Å². The summed E-state index contributed by atoms with van der Waals surface area (Å²) in [7, 11) is -3.23. The van der Waals surface area contributed by atoms with Crippen LogP contribution in [0.1, 0.15) is 29.3 Å². The van der Waals surface area contributed by atoms with E-state index < -0.39 is 14.6 Å². The highest BCUT2D eigenvalue weighted by Gasteiger charge is 2.30. The molecular formula is C10H17N3O3S2. The van der Waals surface area contributed by atoms with Gasteiger partial charge in [0.1, 0.15) is 10.7 Å². The number of rotatable bonds is 5. The zero-order valence-corrected chi connectivity index (χ0v) is 12.2. The van der Waals surface area contributed by atoms with Gasteiger partial charge in [-0.25, -0.2) is 13.4 Å². The molecule has 1 amide bonds. The van der Waals surface area contributed by atoms with Gasteiger partial charge in [-0.15, -0.1) is 11.3 Å². The zero-order valence-electron chi connectivity index (χ0n) is 10.6. The molecular weight excluding hydrogens is 274 g/mol. The average Bonchev–Trinajstić information content (AvgIpc) is 2.73. The molecule has 0 radical (unpaired) electrons. The number of nitrogens with two attached hydrogens (primary N) is 1. The van der Waals surface area contributed by atoms with Crippen molar-refractivity contribution in [3.8, 4) is 0 Å². The summed E-state index contributed by atoms with van der Waals surface area (Å²) >= 11 is 1.30. The minimum Gasteiger partial charge on any atom is -0.349 e. The van der Waals surface area contributed by atoms with E-state index >= 15 is 0 Å². The fraction of sp³-hybridized carbons (Fsp3) is 0.600. The van der Waals surface area contributed by atoms with E-state index in [1.54, 1.807) is 19.2 Å². The van der Waals surface area contributed by atoms with Crippen molar-refractivity contribution < 1.29 is 13.2 Å². The molecule has 18 heavy (non-hydrogen) atoms. The molecule has 0 atom stereocenters. The number of carbonyl (C=O) groups is 1. The van der Waals surface area contributed by atoms with Crippen molar-refractivity contribution in [3.63, 3.8) is 0 Å². The number of amides is 1. The van der Waals surface area contributed by atoms with Gasteiger partial charge < -0.3 is 11.1 Å². The second kappa shape index (κ2) is 5.33. The Hall–Kier alpha value is -0.990. The SMILES string of the molecule is CC(C)(CNC(=O)c1csc(CN)n1)S(C)(=O)=O. The van der Waals surface area contributed by atoms with Crippen LogP contribution in [-0.2, 0) is 16.4 Å². The van der Waals surface area contributed by atoms with E-state index in [4.69, 9.17) is 5.73 Å². The Kier molecular flexibility index (Phi) is 4.46. The van der Waals surface area contributed by atoms with E-state index in [0.717, 1.165) is 6.26 Å². The first-order valence-electron chi connectivity index (χ1n) is 5.29. The molecule has 1 aromatic rings. The normalized spacial score (nSPS) is 12.4. The lowest BCUT2D eigenvalue weighted by Gasteiger charge is -2.22. The molecule has 0 fully saturated rings. The number of hydrogen-bond acceptors (Lipinski definition) is 6. The van der Waals surface area contributed by atoms with Crippen molar-refractivity contribution in [2.24, 2.45) is 5.73 Å². The standard InChI is InChI=1S/C10H17N3O3S2/c1-10(2,18(3,15)16)6-12-9(14)7-5-17-8(4-11)13-7/h5H,4,6,11H2,1-3H3,(H,12,14). The van der Waals surface area contributed by atoms with Crippen LogP contribution in [0.25, 0.3) is 0 Å². The minimum atomic E-state index is -3.23. The van der Waals surface area contributed by atoms with Gasteiger partial charge in [0.05, 0.1) is 4.75 Å². The van der Waals surface area contributed by atoms with Crippen molar-refractivity contribution >= 4 is 27.1 Å². The van der Waals surface area contributed by atoms with Crippen LogP contribution in [0.2, 0.25) is 0 Å². The number of nitrogens with zero attached hydrogens (tertiary/aromatic N) is 1. The molecule has 0 unspecified atom stereocenters. The fourth-order valence-corrected chi connectivity index (χ4v) is 2.01. The molecule has 0 aromatic carbocycles. The Morgan fingerprint density at radius 1 is 1.56 bits per heavy atom. The molecule has 102 valence electrons. The van der Waals surface area contributed by atoms with Gasteiger partial charge in [-0.1, -0.05) is 0 Å². The third-order valence-electron chi connectivity index (χ3n) is 2.64. The van der Waals surface area contributed by atoms with E-state index in [1.165, 1.54) is 11.3 Å². The van der Waals surface area contributed by atoms with Crippen LogP contribution in [0.15, 0.2) is 5.38 Å². The van der Waals surface area contributed by atoms with Crippen LogP contribution in [0.4, 0.5) is 0 Å². The highest BCUT2D eigenvalue weighted by molar-refractivity contribution is 7.92. The lowest BCUT2D eigenvalue weighted by atomic mass is 10.2. The molecule has 0 aliphatic heterocycles. The maximum Gasteiger partial charge on any atom is 0.270 e. The van der Waals surface area contributed by atoms with Gasteiger partial charge in [0.25, 0.3) is 5.91 Å². The summed E-state index contributed by atoms with van der Waals surface area (Å²) in [4.78, 5) is 15.8. The molecule has 0 saturated heterocycles. The molecule has 0 aliphatic rings. The van der Waals surface area contributed by atoms with Crippen molar-refractivity contribution in [1.82, 2.24) is 10.3 Å². The number of carbonyl (C=O) groups excluding carboxylic acids is 1. The van der Waals surface area contributed by atoms with Gasteiger partial charge in [-0.3, -0.25) is 4.79 Å². The Labute approximate surface area is 111 Å². The summed E-state index contributed by atoms with van der Waals surface area (Å²) in [6.45, 7) is 3.46. The lowest BCUT2D eigenvalue weighted by Crippen LogP contribution is -2.43. The first-order chi connectivity index (χ1) is 8.17. The largest absolute Gasteiger partial charge is 0.349 e. The van der Waals surface area contributed by atoms with Gasteiger partial charge in [0, 0.05) is 24.7 Å². The monoisotopic (exact) mass is 291 g/mol. The molecule has 1 rings (SSSR count). The lowest BCUT2D eigenvalue weighted by molar-refractivity contribution is 0.0946. The van der Waals surface area contributed by atoms with Crippen molar-refractivity contribution in [3.05, 3.63) is 16.1 Å². The van der Waals surface area contributed by atoms with Crippen molar-refractivity contribution in [2.45, 2.75) is 25.1 Å². The highest BCUT2D eigenvalue weighted by Crippen LogP contribution is 2.14. The molecule has 0 bridgehead atoms. The van der Waals surface area contributed by atoms with E-state index in [9.17, 15) is 13.2 Å². The number of sulfone groups is 1. The Balaban J connectivity index is 2.67. The molecule has 1 heterocycles. The van der Waals surface area contributed by atoms with Gasteiger partial charge >= 0.3 is 0 Å². The topological polar surface area (TPSA) is 102 Å². The third kappa shape index (κ3) is 3.50. The Bertz CT molecular complexity index is 534. The molecule has 0 aliphatic carbocycles. The van der Waals surface area contributed by atoms with Crippen molar-refractivity contribution in [2.75, 3.05) is 12.8 Å². The smallest absolute Gasteiger partial charge is 0.270 e. The molecule has 1 aromatic heterocycles. The number of aromatic nitrogens is 1. The molecule has 6 nitrogen and oxygen atoms in total. The predicted octanol–water partition coefficient (Wildman–Crippen LogP) is 0.155. The number of hydrogen-bond donors (Lipinski definition) is 2. The molecule has 3 N–H and O–H groups in total. The summed E-state index contributed by atoms with van der Waals surface area (Å²) in [5.41, 5.74) is 5.67. The summed E-state index contributed by atoms with van der Waals surface area (Å²) in [6, 6.07) is 0. The predicted molar refractivity (Wildman–Crippen MR) is 71.3 cm³/mol. The van der Waals surface area contributed by atoms with Crippen LogP contribution in [-0.4, -0.2) is 36.9 Å². The number of nitrogens with one attached hydrogen (secondary N) is 1. The van der Waals surface area contributed by atoms with Gasteiger partial charge in [-0.2, -0.15) is 0 Å². The van der Waals surface area contributed by atoms with Crippen LogP contribution >= 0.6 is 11.3 Å². The van der Waals surface area contributed by atoms with Crippen LogP contribution in [0, 0.1) is 0 Å². The van der Waals surface area contributed by atoms with Crippen LogP contribution in [0.3, 0.4) is 0 Å². The quantitative estimate of drug-likeness (QED) is 0.804. The molecule has 8 heteroatoms. The highest BCUT2D eigenvalue weighted by atomic mass is 32.2. The van der Waals surface area contributed by atoms with E-state index in [2.05, 4.69) is 10.3 Å². The summed E-state index contributed by atoms with van der Waals surface area (Å²) in [5.74, 6) is -0.386. The zero-order chi connectivity index (χ0) is 14.0. The second-order valence-electron chi connectivity index (χ2n) is 4.55. The number of thiazole rings is 1. The summed E-state index contributed by atoms with van der Waals surface area (Å²) < 4.78 is 21.9. The summed E-state index contributed by atoms with van der Waals surface area (Å²) in [5, 5.41) is 4.84. The maximum atomic E-state index is 11.7. The fourth-order valence-electron chi connectivity index (χ4n) is 1.02. The third-order valence-corrected chi connectivity index (χ3v) is 5.66. The first-order valence-corrected chi connectivity index (χ1v) is 8.07. The van der Waals surface area contributed by atoms with Gasteiger partial charge in [-0.05, 0) is 13.8 Å².